The summed E-state index contributed by atoms with van der Waals surface area (Å²) in [6.07, 6.45) is 1.89. The van der Waals surface area contributed by atoms with E-state index in [2.05, 4.69) is 0 Å². The van der Waals surface area contributed by atoms with Gasteiger partial charge < -0.3 is 9.05 Å². The summed E-state index contributed by atoms with van der Waals surface area (Å²) < 4.78 is 21.9. The Kier molecular flexibility index (Phi) is 6.70. The second-order valence-electron chi connectivity index (χ2n) is 2.42. The molecule has 0 aromatic heterocycles. The number of halogens is 1. The van der Waals surface area contributed by atoms with Crippen molar-refractivity contribution in [3.05, 3.63) is 11.1 Å². The maximum Gasteiger partial charge on any atom is 0.334 e. The van der Waals surface area contributed by atoms with Gasteiger partial charge in [0, 0.05) is 5.03 Å². The summed E-state index contributed by atoms with van der Waals surface area (Å²) in [6.45, 7) is 6.05. The van der Waals surface area contributed by atoms with Crippen molar-refractivity contribution in [2.75, 3.05) is 19.4 Å². The van der Waals surface area contributed by atoms with Crippen LogP contribution in [0.2, 0.25) is 0 Å². The molecule has 0 heterocycles. The molecule has 0 aliphatic carbocycles. The van der Waals surface area contributed by atoms with Crippen LogP contribution in [0, 0.1) is 0 Å². The highest BCUT2D eigenvalue weighted by molar-refractivity contribution is 7.54. The molecular weight excluding hydrogens is 211 g/mol. The monoisotopic (exact) mass is 226 g/mol. The van der Waals surface area contributed by atoms with Gasteiger partial charge in [-0.1, -0.05) is 17.7 Å². The maximum atomic E-state index is 11.8. The van der Waals surface area contributed by atoms with Crippen LogP contribution in [0.5, 0.6) is 0 Å². The first-order valence-electron chi connectivity index (χ1n) is 4.24. The number of rotatable bonds is 6. The van der Waals surface area contributed by atoms with Crippen LogP contribution in [0.3, 0.4) is 0 Å². The van der Waals surface area contributed by atoms with Gasteiger partial charge in [0.15, 0.2) is 0 Å². The highest BCUT2D eigenvalue weighted by atomic mass is 35.5. The van der Waals surface area contributed by atoms with Gasteiger partial charge in [-0.2, -0.15) is 0 Å². The molecule has 0 aliphatic heterocycles. The van der Waals surface area contributed by atoms with E-state index in [0.29, 0.717) is 18.2 Å². The molecule has 0 aliphatic rings. The minimum absolute atomic E-state index is 0.240. The topological polar surface area (TPSA) is 35.5 Å². The standard InChI is InChI=1S/C8H16ClO3P/c1-4-11-13(10,12-5-2)7-6-8(3)9/h6H,4-5,7H2,1-3H3. The van der Waals surface area contributed by atoms with Crippen LogP contribution in [0.25, 0.3) is 0 Å². The number of allylic oxidation sites excluding steroid dienone is 2. The van der Waals surface area contributed by atoms with E-state index in [0.717, 1.165) is 0 Å². The van der Waals surface area contributed by atoms with Gasteiger partial charge in [-0.25, -0.2) is 0 Å². The summed E-state index contributed by atoms with van der Waals surface area (Å²) in [5, 5.41) is 0.597. The molecule has 0 aromatic rings. The molecule has 0 amide bonds. The first-order chi connectivity index (χ1) is 6.04. The lowest BCUT2D eigenvalue weighted by molar-refractivity contribution is 0.222. The van der Waals surface area contributed by atoms with Crippen LogP contribution < -0.4 is 0 Å². The second-order valence-corrected chi connectivity index (χ2v) is 5.12. The lowest BCUT2D eigenvalue weighted by Gasteiger charge is -2.14. The Morgan fingerprint density at radius 2 is 1.85 bits per heavy atom. The molecular formula is C8H16ClO3P. The van der Waals surface area contributed by atoms with E-state index in [9.17, 15) is 4.57 Å². The molecule has 0 N–H and O–H groups in total. The summed E-state index contributed by atoms with van der Waals surface area (Å²) in [5.74, 6) is 0. The van der Waals surface area contributed by atoms with E-state index in [1.807, 2.05) is 0 Å². The minimum atomic E-state index is -2.93. The summed E-state index contributed by atoms with van der Waals surface area (Å²) in [7, 11) is -2.93. The third kappa shape index (κ3) is 6.28. The molecule has 5 heteroatoms. The van der Waals surface area contributed by atoms with Crippen molar-refractivity contribution in [3.8, 4) is 0 Å². The van der Waals surface area contributed by atoms with Crippen molar-refractivity contribution in [3.63, 3.8) is 0 Å². The lowest BCUT2D eigenvalue weighted by Crippen LogP contribution is -1.98. The molecule has 0 rings (SSSR count). The van der Waals surface area contributed by atoms with E-state index < -0.39 is 7.60 Å². The predicted octanol–water partition coefficient (Wildman–Crippen LogP) is 3.40. The molecule has 0 saturated heterocycles. The Hall–Kier alpha value is 0.180. The first-order valence-corrected chi connectivity index (χ1v) is 6.35. The van der Waals surface area contributed by atoms with Crippen molar-refractivity contribution in [2.24, 2.45) is 0 Å². The van der Waals surface area contributed by atoms with E-state index in [-0.39, 0.29) is 6.16 Å². The maximum absolute atomic E-state index is 11.8. The highest BCUT2D eigenvalue weighted by Crippen LogP contribution is 2.48. The van der Waals surface area contributed by atoms with Crippen LogP contribution in [0.4, 0.5) is 0 Å². The molecule has 0 unspecified atom stereocenters. The molecule has 0 fully saturated rings. The van der Waals surface area contributed by atoms with Crippen molar-refractivity contribution in [2.45, 2.75) is 20.8 Å². The van der Waals surface area contributed by atoms with Crippen LogP contribution in [-0.4, -0.2) is 19.4 Å². The Labute approximate surface area is 84.6 Å². The predicted molar refractivity (Wildman–Crippen MR) is 55.3 cm³/mol. The Bertz CT molecular complexity index is 201. The molecule has 3 nitrogen and oxygen atoms in total. The van der Waals surface area contributed by atoms with E-state index in [1.54, 1.807) is 26.8 Å². The zero-order valence-corrected chi connectivity index (χ0v) is 9.90. The van der Waals surface area contributed by atoms with Crippen LogP contribution in [-0.2, 0) is 13.6 Å². The van der Waals surface area contributed by atoms with Crippen molar-refractivity contribution >= 4 is 19.2 Å². The van der Waals surface area contributed by atoms with Gasteiger partial charge in [-0.05, 0) is 20.8 Å². The summed E-state index contributed by atoms with van der Waals surface area (Å²) >= 11 is 5.61. The van der Waals surface area contributed by atoms with Gasteiger partial charge in [-0.15, -0.1) is 0 Å². The van der Waals surface area contributed by atoms with E-state index in [4.69, 9.17) is 20.6 Å². The molecule has 13 heavy (non-hydrogen) atoms. The zero-order chi connectivity index (χ0) is 10.3. The summed E-state index contributed by atoms with van der Waals surface area (Å²) in [5.41, 5.74) is 0. The fraction of sp³-hybridized carbons (Fsp3) is 0.750. The smallest absolute Gasteiger partial charge is 0.309 e. The van der Waals surface area contributed by atoms with Gasteiger partial charge in [0.05, 0.1) is 19.4 Å². The molecule has 0 atom stereocenters. The largest absolute Gasteiger partial charge is 0.334 e. The van der Waals surface area contributed by atoms with E-state index in [1.165, 1.54) is 0 Å². The third-order valence-corrected chi connectivity index (χ3v) is 3.34. The third-order valence-electron chi connectivity index (χ3n) is 1.25. The molecule has 0 radical (unpaired) electrons. The quantitative estimate of drug-likeness (QED) is 0.651. The molecule has 0 bridgehead atoms. The molecule has 78 valence electrons. The Balaban J connectivity index is 4.24. The van der Waals surface area contributed by atoms with Gasteiger partial charge in [0.1, 0.15) is 0 Å². The summed E-state index contributed by atoms with van der Waals surface area (Å²) in [4.78, 5) is 0. The molecule has 0 saturated carbocycles. The molecule has 0 spiro atoms. The lowest BCUT2D eigenvalue weighted by atomic mass is 10.6. The Morgan fingerprint density at radius 3 is 2.15 bits per heavy atom. The minimum Gasteiger partial charge on any atom is -0.309 e. The van der Waals surface area contributed by atoms with Gasteiger partial charge in [0.25, 0.3) is 0 Å². The number of hydrogen-bond donors (Lipinski definition) is 0. The van der Waals surface area contributed by atoms with Gasteiger partial charge in [-0.3, -0.25) is 4.57 Å². The number of hydrogen-bond acceptors (Lipinski definition) is 3. The highest BCUT2D eigenvalue weighted by Gasteiger charge is 2.21. The van der Waals surface area contributed by atoms with Crippen LogP contribution in [0.15, 0.2) is 11.1 Å². The molecule has 0 aromatic carbocycles. The first kappa shape index (κ1) is 13.2. The van der Waals surface area contributed by atoms with Crippen LogP contribution in [0.1, 0.15) is 20.8 Å². The van der Waals surface area contributed by atoms with Crippen molar-refractivity contribution in [1.29, 1.82) is 0 Å². The zero-order valence-electron chi connectivity index (χ0n) is 8.25. The van der Waals surface area contributed by atoms with Crippen LogP contribution >= 0.6 is 19.2 Å². The van der Waals surface area contributed by atoms with Gasteiger partial charge in [0.2, 0.25) is 0 Å². The van der Waals surface area contributed by atoms with E-state index >= 15 is 0 Å². The Morgan fingerprint density at radius 1 is 1.38 bits per heavy atom. The average molecular weight is 227 g/mol. The van der Waals surface area contributed by atoms with Crippen molar-refractivity contribution < 1.29 is 13.6 Å². The SMILES string of the molecule is CCOP(=O)(CC=C(C)Cl)OCC. The van der Waals surface area contributed by atoms with Crippen molar-refractivity contribution in [1.82, 2.24) is 0 Å². The van der Waals surface area contributed by atoms with Gasteiger partial charge >= 0.3 is 7.60 Å². The normalized spacial score (nSPS) is 13.4. The summed E-state index contributed by atoms with van der Waals surface area (Å²) in [6, 6.07) is 0. The fourth-order valence-electron chi connectivity index (χ4n) is 0.774. The second kappa shape index (κ2) is 6.61. The average Bonchev–Trinajstić information content (AvgIpc) is 2.02. The fourth-order valence-corrected chi connectivity index (χ4v) is 2.53.